The van der Waals surface area contributed by atoms with Gasteiger partial charge in [0.15, 0.2) is 0 Å². The smallest absolute Gasteiger partial charge is 0.302 e. The number of carbonyl (C=O) groups is 1. The summed E-state index contributed by atoms with van der Waals surface area (Å²) in [5.41, 5.74) is 2.24. The van der Waals surface area contributed by atoms with Crippen LogP contribution in [0.2, 0.25) is 0 Å². The van der Waals surface area contributed by atoms with E-state index >= 15 is 0 Å². The molecule has 0 radical (unpaired) electrons. The van der Waals surface area contributed by atoms with Gasteiger partial charge in [-0.25, -0.2) is 0 Å². The fourth-order valence-electron chi connectivity index (χ4n) is 2.33. The average molecular weight is 212 g/mol. The number of aliphatic hydroxyl groups is 1. The van der Waals surface area contributed by atoms with Crippen molar-refractivity contribution in [3.63, 3.8) is 0 Å². The maximum Gasteiger partial charge on any atom is 0.302 e. The van der Waals surface area contributed by atoms with E-state index in [1.807, 2.05) is 6.92 Å². The van der Waals surface area contributed by atoms with Crippen LogP contribution in [0.1, 0.15) is 40.5 Å². The average Bonchev–Trinajstić information content (AvgIpc) is 1.98. The largest absolute Gasteiger partial charge is 0.461 e. The van der Waals surface area contributed by atoms with E-state index in [-0.39, 0.29) is 17.5 Å². The summed E-state index contributed by atoms with van der Waals surface area (Å²) in [6.45, 7) is 7.94. The minimum atomic E-state index is -0.263. The molecule has 1 aliphatic rings. The molecule has 3 nitrogen and oxygen atoms in total. The highest BCUT2D eigenvalue weighted by Gasteiger charge is 2.33. The summed E-state index contributed by atoms with van der Waals surface area (Å²) in [7, 11) is 0. The van der Waals surface area contributed by atoms with Crippen LogP contribution in [0.3, 0.4) is 0 Å². The molecule has 15 heavy (non-hydrogen) atoms. The fourth-order valence-corrected chi connectivity index (χ4v) is 2.33. The van der Waals surface area contributed by atoms with Crippen LogP contribution in [-0.4, -0.2) is 23.8 Å². The van der Waals surface area contributed by atoms with Gasteiger partial charge in [0, 0.05) is 6.92 Å². The first-order valence-corrected chi connectivity index (χ1v) is 5.33. The molecule has 0 aromatic heterocycles. The lowest BCUT2D eigenvalue weighted by molar-refractivity contribution is -0.140. The van der Waals surface area contributed by atoms with Crippen molar-refractivity contribution in [1.29, 1.82) is 0 Å². The van der Waals surface area contributed by atoms with Crippen molar-refractivity contribution < 1.29 is 14.6 Å². The van der Waals surface area contributed by atoms with Crippen LogP contribution in [0.25, 0.3) is 0 Å². The van der Waals surface area contributed by atoms with Crippen LogP contribution in [0.15, 0.2) is 11.1 Å². The molecule has 0 saturated carbocycles. The van der Waals surface area contributed by atoms with Gasteiger partial charge in [0.2, 0.25) is 0 Å². The zero-order chi connectivity index (χ0) is 11.6. The third-order valence-electron chi connectivity index (χ3n) is 3.04. The Morgan fingerprint density at radius 2 is 2.20 bits per heavy atom. The molecular weight excluding hydrogens is 192 g/mol. The fraction of sp³-hybridized carbons (Fsp3) is 0.750. The van der Waals surface area contributed by atoms with Gasteiger partial charge in [-0.2, -0.15) is 0 Å². The van der Waals surface area contributed by atoms with E-state index in [0.717, 1.165) is 17.6 Å². The Morgan fingerprint density at radius 1 is 1.60 bits per heavy atom. The highest BCUT2D eigenvalue weighted by atomic mass is 16.5. The normalized spacial score (nSPS) is 25.3. The molecule has 0 fully saturated rings. The summed E-state index contributed by atoms with van der Waals surface area (Å²) in [6, 6.07) is 0. The molecule has 1 rings (SSSR count). The second-order valence-electron chi connectivity index (χ2n) is 4.99. The quantitative estimate of drug-likeness (QED) is 0.563. The van der Waals surface area contributed by atoms with Gasteiger partial charge >= 0.3 is 5.97 Å². The third kappa shape index (κ3) is 3.06. The molecule has 1 unspecified atom stereocenters. The van der Waals surface area contributed by atoms with E-state index in [0.29, 0.717) is 13.0 Å². The van der Waals surface area contributed by atoms with E-state index in [4.69, 9.17) is 4.74 Å². The number of hydrogen-bond donors (Lipinski definition) is 1. The number of rotatable bonds is 2. The van der Waals surface area contributed by atoms with E-state index < -0.39 is 0 Å². The van der Waals surface area contributed by atoms with Gasteiger partial charge in [-0.05, 0) is 30.8 Å². The van der Waals surface area contributed by atoms with Crippen LogP contribution in [0.5, 0.6) is 0 Å². The van der Waals surface area contributed by atoms with E-state index in [1.54, 1.807) is 0 Å². The maximum atomic E-state index is 10.8. The Hall–Kier alpha value is -0.830. The van der Waals surface area contributed by atoms with E-state index in [2.05, 4.69) is 13.8 Å². The van der Waals surface area contributed by atoms with Crippen molar-refractivity contribution >= 4 is 5.97 Å². The van der Waals surface area contributed by atoms with E-state index in [9.17, 15) is 9.90 Å². The Bertz CT molecular complexity index is 289. The molecule has 0 aromatic carbocycles. The summed E-state index contributed by atoms with van der Waals surface area (Å²) >= 11 is 0. The summed E-state index contributed by atoms with van der Waals surface area (Å²) in [5, 5.41) is 9.67. The third-order valence-corrected chi connectivity index (χ3v) is 3.04. The van der Waals surface area contributed by atoms with Gasteiger partial charge in [-0.3, -0.25) is 4.79 Å². The Balaban J connectivity index is 2.81. The molecule has 0 amide bonds. The van der Waals surface area contributed by atoms with Gasteiger partial charge in [0.05, 0.1) is 6.10 Å². The second-order valence-corrected chi connectivity index (χ2v) is 4.99. The van der Waals surface area contributed by atoms with Gasteiger partial charge in [-0.15, -0.1) is 0 Å². The molecule has 1 N–H and O–H groups in total. The molecule has 0 aromatic rings. The van der Waals surface area contributed by atoms with Crippen molar-refractivity contribution in [3.8, 4) is 0 Å². The zero-order valence-corrected chi connectivity index (χ0v) is 9.96. The summed E-state index contributed by atoms with van der Waals surface area (Å²) in [5.74, 6) is -0.253. The molecule has 0 heterocycles. The van der Waals surface area contributed by atoms with Crippen molar-refractivity contribution in [1.82, 2.24) is 0 Å². The highest BCUT2D eigenvalue weighted by Crippen LogP contribution is 2.40. The first-order valence-electron chi connectivity index (χ1n) is 5.33. The van der Waals surface area contributed by atoms with Crippen LogP contribution >= 0.6 is 0 Å². The SMILES string of the molecule is CC(=O)OCC1=C(C)CC(O)CC1(C)C. The second kappa shape index (κ2) is 4.35. The summed E-state index contributed by atoms with van der Waals surface area (Å²) in [6.07, 6.45) is 1.17. The Labute approximate surface area is 91.1 Å². The van der Waals surface area contributed by atoms with Crippen LogP contribution in [0.4, 0.5) is 0 Å². The Kier molecular flexibility index (Phi) is 3.55. The number of carbonyl (C=O) groups excluding carboxylic acids is 1. The molecule has 1 atom stereocenters. The van der Waals surface area contributed by atoms with Gasteiger partial charge in [0.1, 0.15) is 6.61 Å². The lowest BCUT2D eigenvalue weighted by atomic mass is 9.72. The lowest BCUT2D eigenvalue weighted by Gasteiger charge is -2.36. The van der Waals surface area contributed by atoms with Crippen molar-refractivity contribution in [2.24, 2.45) is 5.41 Å². The Morgan fingerprint density at radius 3 is 2.67 bits per heavy atom. The van der Waals surface area contributed by atoms with Crippen LogP contribution in [-0.2, 0) is 9.53 Å². The molecule has 1 aliphatic carbocycles. The van der Waals surface area contributed by atoms with Crippen molar-refractivity contribution in [2.45, 2.75) is 46.6 Å². The highest BCUT2D eigenvalue weighted by molar-refractivity contribution is 5.66. The van der Waals surface area contributed by atoms with Crippen molar-refractivity contribution in [2.75, 3.05) is 6.61 Å². The van der Waals surface area contributed by atoms with Crippen LogP contribution < -0.4 is 0 Å². The summed E-state index contributed by atoms with van der Waals surface area (Å²) in [4.78, 5) is 10.8. The first kappa shape index (κ1) is 12.2. The molecule has 3 heteroatoms. The van der Waals surface area contributed by atoms with Crippen LogP contribution in [0, 0.1) is 5.41 Å². The number of hydrogen-bond acceptors (Lipinski definition) is 3. The zero-order valence-electron chi connectivity index (χ0n) is 9.96. The maximum absolute atomic E-state index is 10.8. The van der Waals surface area contributed by atoms with Gasteiger partial charge in [-0.1, -0.05) is 19.4 Å². The number of esters is 1. The number of aliphatic hydroxyl groups excluding tert-OH is 1. The van der Waals surface area contributed by atoms with Crippen molar-refractivity contribution in [3.05, 3.63) is 11.1 Å². The molecule has 0 spiro atoms. The topological polar surface area (TPSA) is 46.5 Å². The monoisotopic (exact) mass is 212 g/mol. The molecular formula is C12H20O3. The predicted molar refractivity (Wildman–Crippen MR) is 58.4 cm³/mol. The molecule has 0 bridgehead atoms. The lowest BCUT2D eigenvalue weighted by Crippen LogP contribution is -2.31. The standard InChI is InChI=1S/C12H20O3/c1-8-5-10(14)6-12(3,4)11(8)7-15-9(2)13/h10,14H,5-7H2,1-4H3. The first-order chi connectivity index (χ1) is 6.83. The van der Waals surface area contributed by atoms with E-state index in [1.165, 1.54) is 6.92 Å². The minimum Gasteiger partial charge on any atom is -0.461 e. The summed E-state index contributed by atoms with van der Waals surface area (Å²) < 4.78 is 5.04. The van der Waals surface area contributed by atoms with Gasteiger partial charge < -0.3 is 9.84 Å². The molecule has 0 aliphatic heterocycles. The minimum absolute atomic E-state index is 0.0722. The van der Waals surface area contributed by atoms with Gasteiger partial charge in [0.25, 0.3) is 0 Å². The predicted octanol–water partition coefficient (Wildman–Crippen LogP) is 2.05. The molecule has 86 valence electrons. The molecule has 0 saturated heterocycles. The number of ether oxygens (including phenoxy) is 1.